The average molecular weight is 447 g/mol. The fourth-order valence-electron chi connectivity index (χ4n) is 3.06. The van der Waals surface area contributed by atoms with Crippen molar-refractivity contribution in [1.29, 1.82) is 0 Å². The Kier molecular flexibility index (Phi) is 8.76. The summed E-state index contributed by atoms with van der Waals surface area (Å²) in [7, 11) is -3.50. The summed E-state index contributed by atoms with van der Waals surface area (Å²) in [4.78, 5) is 24.3. The molecule has 2 rings (SSSR count). The van der Waals surface area contributed by atoms with Crippen LogP contribution in [0.3, 0.4) is 0 Å². The maximum Gasteiger partial charge on any atom is 0.306 e. The van der Waals surface area contributed by atoms with Gasteiger partial charge in [0.15, 0.2) is 6.61 Å². The number of benzene rings is 2. The van der Waals surface area contributed by atoms with Crippen LogP contribution in [-0.2, 0) is 30.8 Å². The highest BCUT2D eigenvalue weighted by molar-refractivity contribution is 7.89. The normalized spacial score (nSPS) is 11.4. The van der Waals surface area contributed by atoms with E-state index in [9.17, 15) is 18.0 Å². The number of nitrogens with zero attached hydrogens (tertiary/aromatic N) is 1. The number of carbonyl (C=O) groups excluding carboxylic acids is 2. The van der Waals surface area contributed by atoms with Crippen molar-refractivity contribution >= 4 is 27.6 Å². The van der Waals surface area contributed by atoms with Gasteiger partial charge in [0, 0.05) is 25.2 Å². The van der Waals surface area contributed by atoms with E-state index in [0.29, 0.717) is 25.2 Å². The molecule has 1 amide bonds. The number of rotatable bonds is 10. The largest absolute Gasteiger partial charge is 0.456 e. The minimum absolute atomic E-state index is 0.0961. The predicted molar refractivity (Wildman–Crippen MR) is 120 cm³/mol. The lowest BCUT2D eigenvalue weighted by atomic mass is 10.1. The van der Waals surface area contributed by atoms with Crippen molar-refractivity contribution in [3.63, 3.8) is 0 Å². The zero-order chi connectivity index (χ0) is 23.0. The number of nitrogens with one attached hydrogen (secondary N) is 1. The van der Waals surface area contributed by atoms with E-state index < -0.39 is 21.9 Å². The van der Waals surface area contributed by atoms with Gasteiger partial charge in [-0.1, -0.05) is 38.1 Å². The van der Waals surface area contributed by atoms with Gasteiger partial charge in [0.1, 0.15) is 0 Å². The summed E-state index contributed by atoms with van der Waals surface area (Å²) >= 11 is 0. The monoisotopic (exact) mass is 446 g/mol. The molecule has 31 heavy (non-hydrogen) atoms. The molecule has 0 fully saturated rings. The molecular formula is C23H30N2O5S. The number of ether oxygens (including phenoxy) is 1. The molecule has 0 atom stereocenters. The molecular weight excluding hydrogens is 416 g/mol. The molecule has 0 saturated heterocycles. The first kappa shape index (κ1) is 24.6. The number of hydrogen-bond donors (Lipinski definition) is 1. The van der Waals surface area contributed by atoms with Gasteiger partial charge in [0.05, 0.1) is 4.90 Å². The Labute approximate surface area is 184 Å². The molecule has 168 valence electrons. The summed E-state index contributed by atoms with van der Waals surface area (Å²) in [6, 6.07) is 12.2. The summed E-state index contributed by atoms with van der Waals surface area (Å²) in [5.74, 6) is -0.885. The second-order valence-electron chi connectivity index (χ2n) is 7.26. The maximum atomic E-state index is 12.5. The smallest absolute Gasteiger partial charge is 0.306 e. The van der Waals surface area contributed by atoms with E-state index in [-0.39, 0.29) is 17.9 Å². The van der Waals surface area contributed by atoms with Crippen molar-refractivity contribution in [2.45, 2.75) is 45.4 Å². The first-order valence-corrected chi connectivity index (χ1v) is 11.7. The molecule has 7 nitrogen and oxygen atoms in total. The van der Waals surface area contributed by atoms with Crippen molar-refractivity contribution in [1.82, 2.24) is 4.31 Å². The molecule has 2 aromatic carbocycles. The highest BCUT2D eigenvalue weighted by atomic mass is 32.2. The number of sulfonamides is 1. The Morgan fingerprint density at radius 3 is 2.26 bits per heavy atom. The zero-order valence-corrected chi connectivity index (χ0v) is 19.3. The topological polar surface area (TPSA) is 92.8 Å². The van der Waals surface area contributed by atoms with Gasteiger partial charge in [-0.05, 0) is 55.2 Å². The van der Waals surface area contributed by atoms with Crippen LogP contribution in [0.1, 0.15) is 37.0 Å². The maximum absolute atomic E-state index is 12.5. The Morgan fingerprint density at radius 1 is 1.00 bits per heavy atom. The van der Waals surface area contributed by atoms with Gasteiger partial charge < -0.3 is 10.1 Å². The van der Waals surface area contributed by atoms with Crippen molar-refractivity contribution in [2.75, 3.05) is 25.0 Å². The summed E-state index contributed by atoms with van der Waals surface area (Å²) in [5, 5.41) is 2.74. The lowest BCUT2D eigenvalue weighted by molar-refractivity contribution is -0.147. The highest BCUT2D eigenvalue weighted by Gasteiger charge is 2.21. The molecule has 0 unspecified atom stereocenters. The van der Waals surface area contributed by atoms with Gasteiger partial charge in [0.2, 0.25) is 10.0 Å². The van der Waals surface area contributed by atoms with Crippen LogP contribution in [0.25, 0.3) is 0 Å². The van der Waals surface area contributed by atoms with Crippen LogP contribution < -0.4 is 5.32 Å². The van der Waals surface area contributed by atoms with Crippen LogP contribution in [0.2, 0.25) is 0 Å². The standard InChI is InChI=1S/C23H30N2O5S/c1-5-25(6-2)31(28,29)20-12-9-19(10-13-20)11-14-23(27)30-16-22(26)24-21-15-17(3)7-8-18(21)4/h7-10,12-13,15H,5-6,11,14,16H2,1-4H3,(H,24,26). The van der Waals surface area contributed by atoms with E-state index in [1.807, 2.05) is 32.0 Å². The molecule has 8 heteroatoms. The highest BCUT2D eigenvalue weighted by Crippen LogP contribution is 2.18. The number of anilines is 1. The fraction of sp³-hybridized carbons (Fsp3) is 0.391. The Balaban J connectivity index is 1.83. The van der Waals surface area contributed by atoms with E-state index in [1.54, 1.807) is 38.1 Å². The first-order chi connectivity index (χ1) is 14.7. The number of carbonyl (C=O) groups is 2. The minimum atomic E-state index is -3.50. The van der Waals surface area contributed by atoms with Crippen molar-refractivity contribution < 1.29 is 22.7 Å². The van der Waals surface area contributed by atoms with Crippen molar-refractivity contribution in [3.8, 4) is 0 Å². The van der Waals surface area contributed by atoms with E-state index in [2.05, 4.69) is 5.32 Å². The minimum Gasteiger partial charge on any atom is -0.456 e. The quantitative estimate of drug-likeness (QED) is 0.564. The number of hydrogen-bond acceptors (Lipinski definition) is 5. The number of amides is 1. The second kappa shape index (κ2) is 11.1. The Hall–Kier alpha value is -2.71. The van der Waals surface area contributed by atoms with Crippen LogP contribution in [0, 0.1) is 13.8 Å². The molecule has 0 aliphatic rings. The summed E-state index contributed by atoms with van der Waals surface area (Å²) in [6.45, 7) is 7.87. The van der Waals surface area contributed by atoms with Crippen LogP contribution >= 0.6 is 0 Å². The third kappa shape index (κ3) is 6.90. The van der Waals surface area contributed by atoms with Gasteiger partial charge in [0.25, 0.3) is 5.91 Å². The van der Waals surface area contributed by atoms with Gasteiger partial charge in [-0.25, -0.2) is 8.42 Å². The lowest BCUT2D eigenvalue weighted by Gasteiger charge is -2.18. The molecule has 1 N–H and O–H groups in total. The predicted octanol–water partition coefficient (Wildman–Crippen LogP) is 3.45. The van der Waals surface area contributed by atoms with E-state index >= 15 is 0 Å². The zero-order valence-electron chi connectivity index (χ0n) is 18.5. The fourth-order valence-corrected chi connectivity index (χ4v) is 4.52. The summed E-state index contributed by atoms with van der Waals surface area (Å²) in [6.07, 6.45) is 0.488. The third-order valence-corrected chi connectivity index (χ3v) is 6.98. The van der Waals surface area contributed by atoms with Crippen LogP contribution in [0.4, 0.5) is 5.69 Å². The molecule has 0 aliphatic carbocycles. The molecule has 0 saturated carbocycles. The van der Waals surface area contributed by atoms with Crippen LogP contribution in [0.5, 0.6) is 0 Å². The molecule has 0 bridgehead atoms. The Morgan fingerprint density at radius 2 is 1.65 bits per heavy atom. The average Bonchev–Trinajstić information content (AvgIpc) is 2.74. The molecule has 0 radical (unpaired) electrons. The van der Waals surface area contributed by atoms with Gasteiger partial charge in [-0.3, -0.25) is 9.59 Å². The summed E-state index contributed by atoms with van der Waals surface area (Å²) < 4.78 is 31.5. The summed E-state index contributed by atoms with van der Waals surface area (Å²) in [5.41, 5.74) is 3.46. The van der Waals surface area contributed by atoms with Gasteiger partial charge in [-0.15, -0.1) is 0 Å². The van der Waals surface area contributed by atoms with Crippen molar-refractivity contribution in [3.05, 3.63) is 59.2 Å². The molecule has 2 aromatic rings. The number of aryl methyl sites for hydroxylation is 3. The first-order valence-electron chi connectivity index (χ1n) is 10.3. The van der Waals surface area contributed by atoms with E-state index in [1.165, 1.54) is 4.31 Å². The van der Waals surface area contributed by atoms with Crippen LogP contribution in [0.15, 0.2) is 47.4 Å². The second-order valence-corrected chi connectivity index (χ2v) is 9.20. The van der Waals surface area contributed by atoms with E-state index in [4.69, 9.17) is 4.74 Å². The SMILES string of the molecule is CCN(CC)S(=O)(=O)c1ccc(CCC(=O)OCC(=O)Nc2cc(C)ccc2C)cc1. The molecule has 0 aliphatic heterocycles. The molecule has 0 heterocycles. The van der Waals surface area contributed by atoms with Crippen LogP contribution in [-0.4, -0.2) is 44.3 Å². The Bertz CT molecular complexity index is 1010. The van der Waals surface area contributed by atoms with Gasteiger partial charge >= 0.3 is 5.97 Å². The van der Waals surface area contributed by atoms with Crippen molar-refractivity contribution in [2.24, 2.45) is 0 Å². The van der Waals surface area contributed by atoms with Gasteiger partial charge in [-0.2, -0.15) is 4.31 Å². The third-order valence-electron chi connectivity index (χ3n) is 4.92. The molecule has 0 aromatic heterocycles. The lowest BCUT2D eigenvalue weighted by Crippen LogP contribution is -2.30. The molecule has 0 spiro atoms. The number of esters is 1. The van der Waals surface area contributed by atoms with E-state index in [0.717, 1.165) is 16.7 Å².